The first-order valence-corrected chi connectivity index (χ1v) is 4.27. The molecule has 1 aliphatic rings. The van der Waals surface area contributed by atoms with Gasteiger partial charge in [-0.2, -0.15) is 13.2 Å². The van der Waals surface area contributed by atoms with E-state index >= 15 is 0 Å². The van der Waals surface area contributed by atoms with Crippen molar-refractivity contribution >= 4 is 0 Å². The van der Waals surface area contributed by atoms with E-state index in [0.717, 1.165) is 0 Å². The summed E-state index contributed by atoms with van der Waals surface area (Å²) < 4.78 is 37.7. The fourth-order valence-corrected chi connectivity index (χ4v) is 2.00. The Hall–Kier alpha value is -1.03. The summed E-state index contributed by atoms with van der Waals surface area (Å²) in [6.45, 7) is 1.38. The highest BCUT2D eigenvalue weighted by Gasteiger charge is 2.65. The monoisotopic (exact) mass is 202 g/mol. The molecule has 0 fully saturated rings. The average molecular weight is 202 g/mol. The zero-order valence-electron chi connectivity index (χ0n) is 7.47. The number of aliphatic hydroxyl groups is 1. The minimum atomic E-state index is -4.60. The zero-order chi connectivity index (χ0) is 10.6. The van der Waals surface area contributed by atoms with E-state index in [-0.39, 0.29) is 5.56 Å². The molecule has 0 aromatic heterocycles. The Morgan fingerprint density at radius 3 is 2.43 bits per heavy atom. The van der Waals surface area contributed by atoms with Crippen LogP contribution in [0.1, 0.15) is 24.0 Å². The predicted molar refractivity (Wildman–Crippen MR) is 44.8 cm³/mol. The number of halogens is 3. The number of fused-ring (bicyclic) bond motifs is 1. The van der Waals surface area contributed by atoms with Crippen molar-refractivity contribution in [2.45, 2.75) is 24.6 Å². The molecule has 4 heteroatoms. The quantitative estimate of drug-likeness (QED) is 0.685. The van der Waals surface area contributed by atoms with E-state index < -0.39 is 17.7 Å². The van der Waals surface area contributed by atoms with E-state index in [4.69, 9.17) is 0 Å². The van der Waals surface area contributed by atoms with Gasteiger partial charge in [-0.05, 0) is 11.1 Å². The lowest BCUT2D eigenvalue weighted by atomic mass is 9.64. The summed E-state index contributed by atoms with van der Waals surface area (Å²) in [7, 11) is 0. The summed E-state index contributed by atoms with van der Waals surface area (Å²) in [5.41, 5.74) is -2.09. The average Bonchev–Trinajstić information content (AvgIpc) is 2.14. The number of alkyl halides is 3. The van der Waals surface area contributed by atoms with Crippen LogP contribution in [-0.2, 0) is 5.60 Å². The molecule has 1 N–H and O–H groups in total. The van der Waals surface area contributed by atoms with E-state index in [9.17, 15) is 18.3 Å². The van der Waals surface area contributed by atoms with Crippen LogP contribution in [-0.4, -0.2) is 11.3 Å². The molecule has 0 saturated heterocycles. The highest BCUT2D eigenvalue weighted by Crippen LogP contribution is 2.57. The third kappa shape index (κ3) is 0.892. The molecule has 1 aliphatic carbocycles. The van der Waals surface area contributed by atoms with Gasteiger partial charge in [0.05, 0.1) is 0 Å². The first-order chi connectivity index (χ1) is 6.39. The molecule has 0 spiro atoms. The topological polar surface area (TPSA) is 20.2 Å². The largest absolute Gasteiger partial charge is 0.422 e. The van der Waals surface area contributed by atoms with E-state index in [1.165, 1.54) is 19.1 Å². The van der Waals surface area contributed by atoms with E-state index in [1.54, 1.807) is 12.1 Å². The second kappa shape index (κ2) is 2.51. The van der Waals surface area contributed by atoms with Gasteiger partial charge in [-0.1, -0.05) is 31.2 Å². The SMILES string of the molecule is CC1c2ccccc2C1(O)C(F)(F)F. The fraction of sp³-hybridized carbons (Fsp3) is 0.400. The molecule has 0 aliphatic heterocycles. The molecular weight excluding hydrogens is 193 g/mol. The molecule has 2 atom stereocenters. The molecule has 0 amide bonds. The summed E-state index contributed by atoms with van der Waals surface area (Å²) in [6.07, 6.45) is -4.60. The van der Waals surface area contributed by atoms with Crippen molar-refractivity contribution in [1.29, 1.82) is 0 Å². The van der Waals surface area contributed by atoms with E-state index in [0.29, 0.717) is 5.56 Å². The fourth-order valence-electron chi connectivity index (χ4n) is 2.00. The van der Waals surface area contributed by atoms with E-state index in [1.807, 2.05) is 0 Å². The molecule has 14 heavy (non-hydrogen) atoms. The summed E-state index contributed by atoms with van der Waals surface area (Å²) in [5, 5.41) is 9.54. The second-order valence-electron chi connectivity index (χ2n) is 3.57. The minimum Gasteiger partial charge on any atom is -0.376 e. The van der Waals surface area contributed by atoms with Crippen LogP contribution < -0.4 is 0 Å². The minimum absolute atomic E-state index is 0.0139. The molecule has 1 aromatic carbocycles. The molecule has 1 nitrogen and oxygen atoms in total. The van der Waals surface area contributed by atoms with Crippen LogP contribution in [0.3, 0.4) is 0 Å². The van der Waals surface area contributed by atoms with Crippen LogP contribution >= 0.6 is 0 Å². The Bertz CT molecular complexity index is 372. The van der Waals surface area contributed by atoms with Crippen molar-refractivity contribution in [1.82, 2.24) is 0 Å². The van der Waals surface area contributed by atoms with Crippen molar-refractivity contribution < 1.29 is 18.3 Å². The van der Waals surface area contributed by atoms with Crippen LogP contribution in [0.5, 0.6) is 0 Å². The maximum atomic E-state index is 12.6. The van der Waals surface area contributed by atoms with Gasteiger partial charge < -0.3 is 5.11 Å². The molecule has 76 valence electrons. The van der Waals surface area contributed by atoms with E-state index in [2.05, 4.69) is 0 Å². The highest BCUT2D eigenvalue weighted by atomic mass is 19.4. The maximum absolute atomic E-state index is 12.6. The van der Waals surface area contributed by atoms with Crippen molar-refractivity contribution in [2.24, 2.45) is 0 Å². The second-order valence-corrected chi connectivity index (χ2v) is 3.57. The van der Waals surface area contributed by atoms with Gasteiger partial charge in [0.2, 0.25) is 0 Å². The van der Waals surface area contributed by atoms with Gasteiger partial charge in [0.25, 0.3) is 0 Å². The zero-order valence-corrected chi connectivity index (χ0v) is 7.47. The molecule has 1 aromatic rings. The summed E-state index contributed by atoms with van der Waals surface area (Å²) in [4.78, 5) is 0. The van der Waals surface area contributed by atoms with Crippen molar-refractivity contribution in [3.8, 4) is 0 Å². The van der Waals surface area contributed by atoms with Crippen LogP contribution in [0.2, 0.25) is 0 Å². The first-order valence-electron chi connectivity index (χ1n) is 4.27. The Kier molecular flexibility index (Phi) is 1.71. The maximum Gasteiger partial charge on any atom is 0.422 e. The molecular formula is C10H9F3O. The normalized spacial score (nSPS) is 30.8. The third-order valence-electron chi connectivity index (χ3n) is 2.90. The van der Waals surface area contributed by atoms with Crippen LogP contribution in [0, 0.1) is 0 Å². The van der Waals surface area contributed by atoms with Crippen LogP contribution in [0.15, 0.2) is 24.3 Å². The van der Waals surface area contributed by atoms with Crippen molar-refractivity contribution in [2.75, 3.05) is 0 Å². The smallest absolute Gasteiger partial charge is 0.376 e. The summed E-state index contributed by atoms with van der Waals surface area (Å²) >= 11 is 0. The van der Waals surface area contributed by atoms with Gasteiger partial charge in [-0.15, -0.1) is 0 Å². The molecule has 0 bridgehead atoms. The number of benzene rings is 1. The van der Waals surface area contributed by atoms with Crippen LogP contribution in [0.25, 0.3) is 0 Å². The Morgan fingerprint density at radius 2 is 1.86 bits per heavy atom. The Balaban J connectivity index is 2.54. The standard InChI is InChI=1S/C10H9F3O/c1-6-7-4-2-3-5-8(7)9(6,14)10(11,12)13/h2-6,14H,1H3. The third-order valence-corrected chi connectivity index (χ3v) is 2.90. The predicted octanol–water partition coefficient (Wildman–Crippen LogP) is 2.55. The van der Waals surface area contributed by atoms with Crippen molar-refractivity contribution in [3.63, 3.8) is 0 Å². The van der Waals surface area contributed by atoms with Gasteiger partial charge in [0.1, 0.15) is 0 Å². The lowest BCUT2D eigenvalue weighted by Gasteiger charge is -2.46. The molecule has 0 saturated carbocycles. The van der Waals surface area contributed by atoms with Crippen molar-refractivity contribution in [3.05, 3.63) is 35.4 Å². The molecule has 2 rings (SSSR count). The van der Waals surface area contributed by atoms with Gasteiger partial charge >= 0.3 is 6.18 Å². The van der Waals surface area contributed by atoms with Crippen LogP contribution in [0.4, 0.5) is 13.2 Å². The molecule has 0 radical (unpaired) electrons. The van der Waals surface area contributed by atoms with Gasteiger partial charge in [-0.25, -0.2) is 0 Å². The summed E-state index contributed by atoms with van der Waals surface area (Å²) in [5.74, 6) is -0.876. The highest BCUT2D eigenvalue weighted by molar-refractivity contribution is 5.48. The van der Waals surface area contributed by atoms with Gasteiger partial charge in [0.15, 0.2) is 5.60 Å². The Labute approximate surface area is 79.2 Å². The molecule has 0 heterocycles. The number of hydrogen-bond acceptors (Lipinski definition) is 1. The van der Waals surface area contributed by atoms with Gasteiger partial charge in [0, 0.05) is 5.92 Å². The summed E-state index contributed by atoms with van der Waals surface area (Å²) in [6, 6.07) is 6.11. The number of rotatable bonds is 0. The lowest BCUT2D eigenvalue weighted by Crippen LogP contribution is -2.53. The number of hydrogen-bond donors (Lipinski definition) is 1. The Morgan fingerprint density at radius 1 is 1.29 bits per heavy atom. The van der Waals surface area contributed by atoms with Gasteiger partial charge in [-0.3, -0.25) is 0 Å². The first kappa shape index (κ1) is 9.52. The molecule has 2 unspecified atom stereocenters. The lowest BCUT2D eigenvalue weighted by molar-refractivity contribution is -0.285.